The molecule has 1 aliphatic carbocycles. The summed E-state index contributed by atoms with van der Waals surface area (Å²) in [5.41, 5.74) is 6.05. The van der Waals surface area contributed by atoms with Crippen LogP contribution in [0.3, 0.4) is 0 Å². The van der Waals surface area contributed by atoms with Crippen LogP contribution in [0, 0.1) is 5.92 Å². The van der Waals surface area contributed by atoms with Crippen molar-refractivity contribution in [2.24, 2.45) is 11.7 Å². The predicted molar refractivity (Wildman–Crippen MR) is 84.5 cm³/mol. The monoisotopic (exact) mass is 332 g/mol. The molecule has 1 aliphatic rings. The van der Waals surface area contributed by atoms with Gasteiger partial charge in [0.15, 0.2) is 0 Å². The minimum atomic E-state index is -3.64. The number of rotatable bonds is 5. The molecule has 0 aromatic heterocycles. The van der Waals surface area contributed by atoms with Crippen LogP contribution in [0.2, 0.25) is 5.02 Å². The van der Waals surface area contributed by atoms with Crippen LogP contribution in [-0.4, -0.2) is 30.8 Å². The summed E-state index contributed by atoms with van der Waals surface area (Å²) in [4.78, 5) is 0.204. The van der Waals surface area contributed by atoms with E-state index >= 15 is 0 Å². The lowest BCUT2D eigenvalue weighted by molar-refractivity contribution is 0.357. The molecule has 1 atom stereocenters. The van der Waals surface area contributed by atoms with E-state index in [1.54, 1.807) is 13.1 Å². The van der Waals surface area contributed by atoms with Gasteiger partial charge in [0, 0.05) is 18.7 Å². The molecule has 2 rings (SSSR count). The first kappa shape index (κ1) is 15.7. The standard InChI is InChI=1S/C13H17ClN2O2S2/c1-8(9-3-4-9)16(2)20(17,18)12-7-10(13(15)19)5-6-11(12)14/h5-9H,3-4H2,1-2H3,(H2,15,19). The van der Waals surface area contributed by atoms with E-state index in [9.17, 15) is 8.42 Å². The van der Waals surface area contributed by atoms with Crippen LogP contribution in [0.5, 0.6) is 0 Å². The van der Waals surface area contributed by atoms with Crippen molar-refractivity contribution in [2.45, 2.75) is 30.7 Å². The Morgan fingerprint density at radius 3 is 2.60 bits per heavy atom. The fraction of sp³-hybridized carbons (Fsp3) is 0.462. The van der Waals surface area contributed by atoms with Gasteiger partial charge in [0.2, 0.25) is 10.0 Å². The highest BCUT2D eigenvalue weighted by molar-refractivity contribution is 7.89. The number of thiocarbonyl (C=S) groups is 1. The van der Waals surface area contributed by atoms with Crippen LogP contribution in [0.4, 0.5) is 0 Å². The number of benzene rings is 1. The molecule has 20 heavy (non-hydrogen) atoms. The fourth-order valence-corrected chi connectivity index (χ4v) is 4.15. The maximum atomic E-state index is 12.7. The fourth-order valence-electron chi connectivity index (χ4n) is 2.10. The van der Waals surface area contributed by atoms with Crippen molar-refractivity contribution in [1.82, 2.24) is 4.31 Å². The number of nitrogens with zero attached hydrogens (tertiary/aromatic N) is 1. The molecule has 1 aromatic rings. The maximum absolute atomic E-state index is 12.7. The first-order valence-corrected chi connectivity index (χ1v) is 8.55. The van der Waals surface area contributed by atoms with Gasteiger partial charge in [0.05, 0.1) is 5.02 Å². The molecular weight excluding hydrogens is 316 g/mol. The highest BCUT2D eigenvalue weighted by atomic mass is 35.5. The average Bonchev–Trinajstić information content (AvgIpc) is 3.21. The highest BCUT2D eigenvalue weighted by Gasteiger charge is 2.36. The zero-order valence-electron chi connectivity index (χ0n) is 11.3. The Labute approximate surface area is 130 Å². The third-order valence-electron chi connectivity index (χ3n) is 3.75. The van der Waals surface area contributed by atoms with Gasteiger partial charge in [0.1, 0.15) is 9.88 Å². The summed E-state index contributed by atoms with van der Waals surface area (Å²) in [6.07, 6.45) is 2.14. The molecule has 1 saturated carbocycles. The molecule has 0 amide bonds. The van der Waals surface area contributed by atoms with E-state index in [4.69, 9.17) is 29.6 Å². The molecule has 0 bridgehead atoms. The second-order valence-electron chi connectivity index (χ2n) is 5.11. The summed E-state index contributed by atoms with van der Waals surface area (Å²) >= 11 is 10.9. The van der Waals surface area contributed by atoms with E-state index < -0.39 is 10.0 Å². The smallest absolute Gasteiger partial charge is 0.244 e. The lowest BCUT2D eigenvalue weighted by Gasteiger charge is -2.24. The van der Waals surface area contributed by atoms with Crippen LogP contribution < -0.4 is 5.73 Å². The molecule has 2 N–H and O–H groups in total. The maximum Gasteiger partial charge on any atom is 0.244 e. The van der Waals surface area contributed by atoms with Crippen molar-refractivity contribution in [2.75, 3.05) is 7.05 Å². The SMILES string of the molecule is CC(C1CC1)N(C)S(=O)(=O)c1cc(C(N)=S)ccc1Cl. The molecule has 0 aliphatic heterocycles. The lowest BCUT2D eigenvalue weighted by Crippen LogP contribution is -2.36. The Bertz CT molecular complexity index is 642. The van der Waals surface area contributed by atoms with Crippen molar-refractivity contribution < 1.29 is 8.42 Å². The van der Waals surface area contributed by atoms with Gasteiger partial charge < -0.3 is 5.73 Å². The molecule has 1 unspecified atom stereocenters. The molecule has 4 nitrogen and oxygen atoms in total. The zero-order chi connectivity index (χ0) is 15.1. The average molecular weight is 333 g/mol. The molecule has 0 saturated heterocycles. The third-order valence-corrected chi connectivity index (χ3v) is 6.41. The van der Waals surface area contributed by atoms with Gasteiger partial charge in [-0.1, -0.05) is 29.9 Å². The summed E-state index contributed by atoms with van der Waals surface area (Å²) in [6.45, 7) is 1.92. The molecule has 0 heterocycles. The largest absolute Gasteiger partial charge is 0.389 e. The van der Waals surface area contributed by atoms with Gasteiger partial charge >= 0.3 is 0 Å². The van der Waals surface area contributed by atoms with Gasteiger partial charge in [-0.25, -0.2) is 8.42 Å². The van der Waals surface area contributed by atoms with Crippen LogP contribution in [-0.2, 0) is 10.0 Å². The van der Waals surface area contributed by atoms with Gasteiger partial charge in [-0.05, 0) is 37.8 Å². The zero-order valence-corrected chi connectivity index (χ0v) is 13.7. The van der Waals surface area contributed by atoms with Crippen molar-refractivity contribution in [3.8, 4) is 0 Å². The third kappa shape index (κ3) is 2.98. The number of sulfonamides is 1. The summed E-state index contributed by atoms with van der Waals surface area (Å²) in [7, 11) is -2.06. The van der Waals surface area contributed by atoms with Gasteiger partial charge in [-0.15, -0.1) is 0 Å². The van der Waals surface area contributed by atoms with Crippen LogP contribution in [0.1, 0.15) is 25.3 Å². The van der Waals surface area contributed by atoms with Crippen molar-refractivity contribution in [3.63, 3.8) is 0 Å². The minimum Gasteiger partial charge on any atom is -0.389 e. The van der Waals surface area contributed by atoms with Crippen LogP contribution in [0.15, 0.2) is 23.1 Å². The van der Waals surface area contributed by atoms with Gasteiger partial charge in [-0.3, -0.25) is 0 Å². The molecule has 1 fully saturated rings. The van der Waals surface area contributed by atoms with Gasteiger partial charge in [-0.2, -0.15) is 4.31 Å². The summed E-state index contributed by atoms with van der Waals surface area (Å²) in [6, 6.07) is 4.53. The summed E-state index contributed by atoms with van der Waals surface area (Å²) in [5, 5.41) is 0.180. The molecule has 110 valence electrons. The second kappa shape index (κ2) is 5.60. The molecule has 1 aromatic carbocycles. The van der Waals surface area contributed by atoms with Crippen molar-refractivity contribution in [1.29, 1.82) is 0 Å². The molecule has 0 radical (unpaired) electrons. The highest BCUT2D eigenvalue weighted by Crippen LogP contribution is 2.37. The topological polar surface area (TPSA) is 63.4 Å². The summed E-state index contributed by atoms with van der Waals surface area (Å²) in [5.74, 6) is 0.437. The quantitative estimate of drug-likeness (QED) is 0.841. The minimum absolute atomic E-state index is 0.0375. The Morgan fingerprint density at radius 2 is 2.10 bits per heavy atom. The van der Waals surface area contributed by atoms with E-state index in [1.165, 1.54) is 16.4 Å². The van der Waals surface area contributed by atoms with Crippen LogP contribution in [0.25, 0.3) is 0 Å². The van der Waals surface area contributed by atoms with E-state index in [0.717, 1.165) is 12.8 Å². The Kier molecular flexibility index (Phi) is 4.39. The Balaban J connectivity index is 2.42. The van der Waals surface area contributed by atoms with E-state index in [2.05, 4.69) is 0 Å². The predicted octanol–water partition coefficient (Wildman–Crippen LogP) is 2.39. The number of halogens is 1. The first-order valence-electron chi connectivity index (χ1n) is 6.32. The lowest BCUT2D eigenvalue weighted by atomic mass is 10.2. The normalized spacial score (nSPS) is 17.2. The number of hydrogen-bond acceptors (Lipinski definition) is 3. The first-order chi connectivity index (χ1) is 9.25. The van der Waals surface area contributed by atoms with Gasteiger partial charge in [0.25, 0.3) is 0 Å². The molecular formula is C13H17ClN2O2S2. The van der Waals surface area contributed by atoms with Crippen molar-refractivity contribution in [3.05, 3.63) is 28.8 Å². The molecule has 0 spiro atoms. The number of nitrogens with two attached hydrogens (primary N) is 1. The van der Waals surface area contributed by atoms with E-state index in [1.807, 2.05) is 6.92 Å². The van der Waals surface area contributed by atoms with Crippen molar-refractivity contribution >= 4 is 38.8 Å². The second-order valence-corrected chi connectivity index (χ2v) is 7.92. The summed E-state index contributed by atoms with van der Waals surface area (Å²) < 4.78 is 26.7. The Hall–Kier alpha value is -0.690. The van der Waals surface area contributed by atoms with Crippen LogP contribution >= 0.6 is 23.8 Å². The Morgan fingerprint density at radius 1 is 1.50 bits per heavy atom. The van der Waals surface area contributed by atoms with E-state index in [-0.39, 0.29) is 20.9 Å². The number of hydrogen-bond donors (Lipinski definition) is 1. The molecule has 7 heteroatoms. The van der Waals surface area contributed by atoms with E-state index in [0.29, 0.717) is 11.5 Å².